The van der Waals surface area contributed by atoms with Gasteiger partial charge < -0.3 is 9.47 Å². The second-order valence-corrected chi connectivity index (χ2v) is 3.61. The molecule has 3 fully saturated rings. The highest BCUT2D eigenvalue weighted by atomic mass is 16.6. The van der Waals surface area contributed by atoms with Gasteiger partial charge in [0.2, 0.25) is 0 Å². The summed E-state index contributed by atoms with van der Waals surface area (Å²) in [6.45, 7) is 0.602. The van der Waals surface area contributed by atoms with Gasteiger partial charge in [0.25, 0.3) is 0 Å². The Balaban J connectivity index is 1.97. The van der Waals surface area contributed by atoms with Gasteiger partial charge >= 0.3 is 5.97 Å². The molecule has 0 spiro atoms. The fourth-order valence-electron chi connectivity index (χ4n) is 2.59. The minimum atomic E-state index is -0.0257. The topological polar surface area (TPSA) is 35.5 Å². The number of esters is 1. The number of hydrogen-bond acceptors (Lipinski definition) is 3. The molecule has 11 heavy (non-hydrogen) atoms. The number of rotatable bonds is 0. The van der Waals surface area contributed by atoms with Crippen molar-refractivity contribution in [1.82, 2.24) is 0 Å². The number of ether oxygens (including phenoxy) is 2. The van der Waals surface area contributed by atoms with E-state index in [1.807, 2.05) is 0 Å². The summed E-state index contributed by atoms with van der Waals surface area (Å²) >= 11 is 0. The van der Waals surface area contributed by atoms with Crippen LogP contribution < -0.4 is 0 Å². The fourth-order valence-corrected chi connectivity index (χ4v) is 2.59. The molecule has 3 heterocycles. The number of carbonyl (C=O) groups is 1. The Morgan fingerprint density at radius 3 is 2.91 bits per heavy atom. The molecular weight excluding hydrogens is 144 g/mol. The molecule has 0 radical (unpaired) electrons. The minimum absolute atomic E-state index is 0.0257. The Kier molecular flexibility index (Phi) is 0.969. The van der Waals surface area contributed by atoms with Crippen LogP contribution in [0.3, 0.4) is 0 Å². The molecule has 0 aliphatic carbocycles. The van der Waals surface area contributed by atoms with Crippen LogP contribution in [-0.4, -0.2) is 24.8 Å². The first-order valence-corrected chi connectivity index (χ1v) is 4.18. The first-order valence-electron chi connectivity index (χ1n) is 4.18. The van der Waals surface area contributed by atoms with Gasteiger partial charge in [-0.05, 0) is 12.8 Å². The average Bonchev–Trinajstić information content (AvgIpc) is 2.60. The molecule has 3 heteroatoms. The molecule has 3 aliphatic heterocycles. The van der Waals surface area contributed by atoms with Crippen LogP contribution in [0.2, 0.25) is 0 Å². The van der Waals surface area contributed by atoms with Crippen LogP contribution in [0.5, 0.6) is 0 Å². The highest BCUT2D eigenvalue weighted by Crippen LogP contribution is 2.46. The lowest BCUT2D eigenvalue weighted by Gasteiger charge is -2.14. The van der Waals surface area contributed by atoms with Crippen LogP contribution in [0.4, 0.5) is 0 Å². The summed E-state index contributed by atoms with van der Waals surface area (Å²) in [7, 11) is 0. The van der Waals surface area contributed by atoms with Gasteiger partial charge in [0, 0.05) is 5.92 Å². The molecule has 60 valence electrons. The molecule has 2 bridgehead atoms. The van der Waals surface area contributed by atoms with E-state index in [9.17, 15) is 4.79 Å². The molecule has 0 aromatic carbocycles. The van der Waals surface area contributed by atoms with E-state index in [0.717, 1.165) is 12.8 Å². The van der Waals surface area contributed by atoms with Crippen molar-refractivity contribution in [2.45, 2.75) is 25.0 Å². The zero-order valence-corrected chi connectivity index (χ0v) is 6.16. The van der Waals surface area contributed by atoms with Gasteiger partial charge in [-0.25, -0.2) is 0 Å². The normalized spacial score (nSPS) is 52.9. The SMILES string of the molecule is O=C1OCC2C3CC[C@H](O3)C12. The predicted octanol–water partition coefficient (Wildman–Crippen LogP) is 0.337. The van der Waals surface area contributed by atoms with E-state index in [-0.39, 0.29) is 18.0 Å². The van der Waals surface area contributed by atoms with Crippen molar-refractivity contribution < 1.29 is 14.3 Å². The van der Waals surface area contributed by atoms with Gasteiger partial charge in [-0.15, -0.1) is 0 Å². The Morgan fingerprint density at radius 1 is 1.27 bits per heavy atom. The standard InChI is InChI=1S/C8H10O3/c9-8-7-4(3-10-8)5-1-2-6(7)11-5/h4-7H,1-3H2/t4?,5?,6-,7?/m0/s1. The highest BCUT2D eigenvalue weighted by Gasteiger charge is 2.56. The third-order valence-corrected chi connectivity index (χ3v) is 3.11. The average molecular weight is 154 g/mol. The van der Waals surface area contributed by atoms with Gasteiger partial charge in [0.1, 0.15) is 0 Å². The van der Waals surface area contributed by atoms with Gasteiger partial charge in [0.15, 0.2) is 0 Å². The molecule has 0 aromatic rings. The van der Waals surface area contributed by atoms with Crippen molar-refractivity contribution in [2.24, 2.45) is 11.8 Å². The van der Waals surface area contributed by atoms with Gasteiger partial charge in [0.05, 0.1) is 24.7 Å². The molecule has 3 unspecified atom stereocenters. The van der Waals surface area contributed by atoms with Crippen LogP contribution in [0, 0.1) is 11.8 Å². The smallest absolute Gasteiger partial charge is 0.312 e. The van der Waals surface area contributed by atoms with E-state index in [1.165, 1.54) is 0 Å². The van der Waals surface area contributed by atoms with E-state index in [1.54, 1.807) is 0 Å². The lowest BCUT2D eigenvalue weighted by Crippen LogP contribution is -2.27. The molecular formula is C8H10O3. The second-order valence-electron chi connectivity index (χ2n) is 3.61. The van der Waals surface area contributed by atoms with Crippen LogP contribution in [0.15, 0.2) is 0 Å². The largest absolute Gasteiger partial charge is 0.465 e. The molecule has 3 rings (SSSR count). The third-order valence-electron chi connectivity index (χ3n) is 3.11. The van der Waals surface area contributed by atoms with Crippen LogP contribution in [0.1, 0.15) is 12.8 Å². The van der Waals surface area contributed by atoms with Crippen molar-refractivity contribution in [3.8, 4) is 0 Å². The summed E-state index contributed by atoms with van der Waals surface area (Å²) < 4.78 is 10.6. The molecule has 0 aromatic heterocycles. The Hall–Kier alpha value is -0.570. The van der Waals surface area contributed by atoms with E-state index < -0.39 is 0 Å². The summed E-state index contributed by atoms with van der Waals surface area (Å²) in [4.78, 5) is 11.1. The Bertz CT molecular complexity index is 213. The number of cyclic esters (lactones) is 1. The van der Waals surface area contributed by atoms with Gasteiger partial charge in [-0.1, -0.05) is 0 Å². The number of fused-ring (bicyclic) bond motifs is 5. The van der Waals surface area contributed by atoms with Crippen molar-refractivity contribution in [3.05, 3.63) is 0 Å². The van der Waals surface area contributed by atoms with Crippen molar-refractivity contribution in [3.63, 3.8) is 0 Å². The van der Waals surface area contributed by atoms with Crippen LogP contribution >= 0.6 is 0 Å². The quantitative estimate of drug-likeness (QED) is 0.472. The van der Waals surface area contributed by atoms with E-state index in [0.29, 0.717) is 18.6 Å². The van der Waals surface area contributed by atoms with E-state index in [4.69, 9.17) is 9.47 Å². The maximum atomic E-state index is 11.1. The summed E-state index contributed by atoms with van der Waals surface area (Å²) in [6.07, 6.45) is 2.71. The zero-order valence-electron chi connectivity index (χ0n) is 6.16. The maximum absolute atomic E-state index is 11.1. The highest BCUT2D eigenvalue weighted by molar-refractivity contribution is 5.76. The molecule has 4 atom stereocenters. The first kappa shape index (κ1) is 6.00. The summed E-state index contributed by atoms with van der Waals surface area (Å²) in [5, 5.41) is 0. The molecule has 3 nitrogen and oxygen atoms in total. The number of carbonyl (C=O) groups excluding carboxylic acids is 1. The number of hydrogen-bond donors (Lipinski definition) is 0. The predicted molar refractivity (Wildman–Crippen MR) is 35.8 cm³/mol. The van der Waals surface area contributed by atoms with Crippen LogP contribution in [-0.2, 0) is 14.3 Å². The van der Waals surface area contributed by atoms with Crippen molar-refractivity contribution in [1.29, 1.82) is 0 Å². The molecule has 3 saturated heterocycles. The molecule has 0 amide bonds. The summed E-state index contributed by atoms with van der Waals surface area (Å²) in [5.74, 6) is 0.456. The summed E-state index contributed by atoms with van der Waals surface area (Å²) in [5.41, 5.74) is 0. The lowest BCUT2D eigenvalue weighted by atomic mass is 9.81. The summed E-state index contributed by atoms with van der Waals surface area (Å²) in [6, 6.07) is 0. The van der Waals surface area contributed by atoms with Crippen LogP contribution in [0.25, 0.3) is 0 Å². The fraction of sp³-hybridized carbons (Fsp3) is 0.875. The Morgan fingerprint density at radius 2 is 2.09 bits per heavy atom. The van der Waals surface area contributed by atoms with E-state index >= 15 is 0 Å². The van der Waals surface area contributed by atoms with Crippen molar-refractivity contribution >= 4 is 5.97 Å². The van der Waals surface area contributed by atoms with E-state index in [2.05, 4.69) is 0 Å². The van der Waals surface area contributed by atoms with Crippen molar-refractivity contribution in [2.75, 3.05) is 6.61 Å². The maximum Gasteiger partial charge on any atom is 0.312 e. The first-order chi connectivity index (χ1) is 5.36. The monoisotopic (exact) mass is 154 g/mol. The molecule has 3 aliphatic rings. The third kappa shape index (κ3) is 0.601. The van der Waals surface area contributed by atoms with Gasteiger partial charge in [-0.3, -0.25) is 4.79 Å². The lowest BCUT2D eigenvalue weighted by molar-refractivity contribution is -0.143. The zero-order chi connectivity index (χ0) is 7.42. The second kappa shape index (κ2) is 1.78. The van der Waals surface area contributed by atoms with Gasteiger partial charge in [-0.2, -0.15) is 0 Å². The molecule has 0 N–H and O–H groups in total. The minimum Gasteiger partial charge on any atom is -0.465 e. The molecule has 0 saturated carbocycles. The Labute approximate surface area is 64.7 Å².